The Hall–Kier alpha value is -2.95. The topological polar surface area (TPSA) is 66.5 Å². The lowest BCUT2D eigenvalue weighted by Crippen LogP contribution is -2.45. The van der Waals surface area contributed by atoms with Crippen molar-refractivity contribution in [2.24, 2.45) is 0 Å². The first kappa shape index (κ1) is 16.9. The summed E-state index contributed by atoms with van der Waals surface area (Å²) in [6, 6.07) is 9.69. The fourth-order valence-corrected chi connectivity index (χ4v) is 3.28. The van der Waals surface area contributed by atoms with Crippen molar-refractivity contribution in [2.75, 3.05) is 5.32 Å². The number of aryl methyl sites for hydroxylation is 3. The van der Waals surface area contributed by atoms with Gasteiger partial charge in [0.05, 0.1) is 11.1 Å². The fourth-order valence-electron chi connectivity index (χ4n) is 3.28. The first-order valence-corrected chi connectivity index (χ1v) is 8.17. The number of amides is 3. The van der Waals surface area contributed by atoms with E-state index < -0.39 is 17.9 Å². The number of benzene rings is 2. The van der Waals surface area contributed by atoms with Crippen LogP contribution in [0.1, 0.15) is 44.3 Å². The number of nitrogens with zero attached hydrogens (tertiary/aromatic N) is 1. The minimum atomic E-state index is -0.896. The van der Waals surface area contributed by atoms with Crippen LogP contribution in [0.3, 0.4) is 0 Å². The van der Waals surface area contributed by atoms with E-state index in [2.05, 4.69) is 5.32 Å². The highest BCUT2D eigenvalue weighted by Crippen LogP contribution is 2.26. The first-order chi connectivity index (χ1) is 11.8. The van der Waals surface area contributed by atoms with E-state index >= 15 is 0 Å². The summed E-state index contributed by atoms with van der Waals surface area (Å²) in [6.45, 7) is 7.40. The van der Waals surface area contributed by atoms with Gasteiger partial charge in [0.25, 0.3) is 11.8 Å². The monoisotopic (exact) mass is 336 g/mol. The average molecular weight is 336 g/mol. The summed E-state index contributed by atoms with van der Waals surface area (Å²) in [5, 5.41) is 2.87. The molecule has 1 heterocycles. The van der Waals surface area contributed by atoms with Crippen molar-refractivity contribution in [1.82, 2.24) is 4.90 Å². The Labute approximate surface area is 146 Å². The molecule has 0 spiro atoms. The number of rotatable bonds is 3. The van der Waals surface area contributed by atoms with Crippen LogP contribution >= 0.6 is 0 Å². The Kier molecular flexibility index (Phi) is 4.17. The van der Waals surface area contributed by atoms with Crippen LogP contribution in [-0.4, -0.2) is 28.7 Å². The maximum atomic E-state index is 12.7. The summed E-state index contributed by atoms with van der Waals surface area (Å²) in [5.41, 5.74) is 4.41. The van der Waals surface area contributed by atoms with Crippen molar-refractivity contribution >= 4 is 23.4 Å². The maximum absolute atomic E-state index is 12.7. The molecule has 0 aliphatic carbocycles. The molecule has 0 saturated carbocycles. The van der Waals surface area contributed by atoms with Crippen molar-refractivity contribution in [3.8, 4) is 0 Å². The molecule has 0 saturated heterocycles. The molecule has 1 N–H and O–H groups in total. The molecular formula is C20H20N2O3. The van der Waals surface area contributed by atoms with Crippen LogP contribution in [0.15, 0.2) is 36.4 Å². The van der Waals surface area contributed by atoms with Crippen LogP contribution in [0, 0.1) is 20.8 Å². The van der Waals surface area contributed by atoms with Crippen molar-refractivity contribution in [2.45, 2.75) is 33.7 Å². The second kappa shape index (κ2) is 6.16. The number of hydrogen-bond donors (Lipinski definition) is 1. The summed E-state index contributed by atoms with van der Waals surface area (Å²) < 4.78 is 0. The van der Waals surface area contributed by atoms with Gasteiger partial charge in [-0.05, 0) is 51.0 Å². The number of carbonyl (C=O) groups is 3. The third kappa shape index (κ3) is 2.82. The zero-order valence-electron chi connectivity index (χ0n) is 14.7. The van der Waals surface area contributed by atoms with Gasteiger partial charge in [0.15, 0.2) is 0 Å². The predicted octanol–water partition coefficient (Wildman–Crippen LogP) is 3.24. The molecule has 5 heteroatoms. The fraction of sp³-hybridized carbons (Fsp3) is 0.250. The van der Waals surface area contributed by atoms with Crippen LogP contribution in [0.5, 0.6) is 0 Å². The Morgan fingerprint density at radius 2 is 1.44 bits per heavy atom. The van der Waals surface area contributed by atoms with Gasteiger partial charge in [-0.15, -0.1) is 0 Å². The van der Waals surface area contributed by atoms with Crippen molar-refractivity contribution in [3.63, 3.8) is 0 Å². The lowest BCUT2D eigenvalue weighted by Gasteiger charge is -2.23. The Balaban J connectivity index is 1.85. The molecule has 1 atom stereocenters. The van der Waals surface area contributed by atoms with Gasteiger partial charge in [-0.3, -0.25) is 19.3 Å². The molecular weight excluding hydrogens is 316 g/mol. The number of anilines is 1. The van der Waals surface area contributed by atoms with Gasteiger partial charge in [0.1, 0.15) is 6.04 Å². The lowest BCUT2D eigenvalue weighted by atomic mass is 10.0. The maximum Gasteiger partial charge on any atom is 0.262 e. The molecule has 0 aromatic heterocycles. The van der Waals surface area contributed by atoms with E-state index in [1.54, 1.807) is 31.2 Å². The summed E-state index contributed by atoms with van der Waals surface area (Å²) in [6.07, 6.45) is 0. The number of hydrogen-bond acceptors (Lipinski definition) is 3. The second-order valence-corrected chi connectivity index (χ2v) is 6.46. The van der Waals surface area contributed by atoms with Gasteiger partial charge < -0.3 is 5.32 Å². The average Bonchev–Trinajstić information content (AvgIpc) is 2.82. The SMILES string of the molecule is Cc1cc(C)c(NC(=O)[C@@H](C)N2C(=O)c3ccccc3C2=O)c(C)c1. The third-order valence-corrected chi connectivity index (χ3v) is 4.52. The molecule has 0 fully saturated rings. The molecule has 2 aromatic rings. The number of fused-ring (bicyclic) bond motifs is 1. The quantitative estimate of drug-likeness (QED) is 0.875. The molecule has 1 aliphatic heterocycles. The lowest BCUT2D eigenvalue weighted by molar-refractivity contribution is -0.119. The zero-order chi connectivity index (χ0) is 18.3. The van der Waals surface area contributed by atoms with E-state index in [1.165, 1.54) is 0 Å². The van der Waals surface area contributed by atoms with E-state index in [0.717, 1.165) is 27.3 Å². The molecule has 2 aromatic carbocycles. The summed E-state index contributed by atoms with van der Waals surface area (Å²) >= 11 is 0. The molecule has 5 nitrogen and oxygen atoms in total. The highest BCUT2D eigenvalue weighted by Gasteiger charge is 2.40. The number of nitrogens with one attached hydrogen (secondary N) is 1. The minimum absolute atomic E-state index is 0.342. The summed E-state index contributed by atoms with van der Waals surface area (Å²) in [5.74, 6) is -1.24. The minimum Gasteiger partial charge on any atom is -0.324 e. The summed E-state index contributed by atoms with van der Waals surface area (Å²) in [4.78, 5) is 38.7. The van der Waals surface area contributed by atoms with E-state index in [1.807, 2.05) is 32.9 Å². The molecule has 3 rings (SSSR count). The Morgan fingerprint density at radius 1 is 0.960 bits per heavy atom. The van der Waals surface area contributed by atoms with Gasteiger partial charge in [-0.1, -0.05) is 29.8 Å². The largest absolute Gasteiger partial charge is 0.324 e. The van der Waals surface area contributed by atoms with E-state index in [-0.39, 0.29) is 5.91 Å². The van der Waals surface area contributed by atoms with Gasteiger partial charge in [-0.25, -0.2) is 0 Å². The molecule has 1 aliphatic rings. The zero-order valence-corrected chi connectivity index (χ0v) is 14.7. The smallest absolute Gasteiger partial charge is 0.262 e. The van der Waals surface area contributed by atoms with Crippen molar-refractivity contribution < 1.29 is 14.4 Å². The second-order valence-electron chi connectivity index (χ2n) is 6.46. The molecule has 25 heavy (non-hydrogen) atoms. The highest BCUT2D eigenvalue weighted by molar-refractivity contribution is 6.23. The van der Waals surface area contributed by atoms with Crippen LogP contribution in [0.4, 0.5) is 5.69 Å². The summed E-state index contributed by atoms with van der Waals surface area (Å²) in [7, 11) is 0. The van der Waals surface area contributed by atoms with Crippen LogP contribution in [-0.2, 0) is 4.79 Å². The molecule has 0 bridgehead atoms. The van der Waals surface area contributed by atoms with Crippen LogP contribution in [0.2, 0.25) is 0 Å². The standard InChI is InChI=1S/C20H20N2O3/c1-11-9-12(2)17(13(3)10-11)21-18(23)14(4)22-19(24)15-7-5-6-8-16(15)20(22)25/h5-10,14H,1-4H3,(H,21,23)/t14-/m1/s1. The van der Waals surface area contributed by atoms with Gasteiger partial charge in [0, 0.05) is 5.69 Å². The number of imide groups is 1. The number of carbonyl (C=O) groups excluding carboxylic acids is 3. The highest BCUT2D eigenvalue weighted by atomic mass is 16.2. The molecule has 0 unspecified atom stereocenters. The Morgan fingerprint density at radius 3 is 1.92 bits per heavy atom. The van der Waals surface area contributed by atoms with Gasteiger partial charge in [-0.2, -0.15) is 0 Å². The van der Waals surface area contributed by atoms with Gasteiger partial charge in [0.2, 0.25) is 5.91 Å². The molecule has 3 amide bonds. The van der Waals surface area contributed by atoms with Crippen LogP contribution in [0.25, 0.3) is 0 Å². The third-order valence-electron chi connectivity index (χ3n) is 4.52. The van der Waals surface area contributed by atoms with Crippen LogP contribution < -0.4 is 5.32 Å². The molecule has 128 valence electrons. The van der Waals surface area contributed by atoms with E-state index in [9.17, 15) is 14.4 Å². The van der Waals surface area contributed by atoms with Gasteiger partial charge >= 0.3 is 0 Å². The van der Waals surface area contributed by atoms with E-state index in [0.29, 0.717) is 11.1 Å². The first-order valence-electron chi connectivity index (χ1n) is 8.17. The predicted molar refractivity (Wildman–Crippen MR) is 95.7 cm³/mol. The van der Waals surface area contributed by atoms with Crippen molar-refractivity contribution in [3.05, 3.63) is 64.2 Å². The Bertz CT molecular complexity index is 844. The van der Waals surface area contributed by atoms with Crippen molar-refractivity contribution in [1.29, 1.82) is 0 Å². The normalized spacial score (nSPS) is 14.5. The van der Waals surface area contributed by atoms with E-state index in [4.69, 9.17) is 0 Å². The molecule has 0 radical (unpaired) electrons.